The van der Waals surface area contributed by atoms with Gasteiger partial charge in [0.25, 0.3) is 0 Å². The lowest BCUT2D eigenvalue weighted by Crippen LogP contribution is -2.40. The number of carbonyl (C=O) groups is 1. The molecule has 0 spiro atoms. The second-order valence-corrected chi connectivity index (χ2v) is 10.4. The number of nitrogens with zero attached hydrogens (tertiary/aromatic N) is 1. The van der Waals surface area contributed by atoms with Crippen LogP contribution in [0.2, 0.25) is 0 Å². The van der Waals surface area contributed by atoms with Crippen molar-refractivity contribution in [2.75, 3.05) is 13.7 Å². The Kier molecular flexibility index (Phi) is 4.74. The number of ether oxygens (including phenoxy) is 1. The zero-order valence-electron chi connectivity index (χ0n) is 13.7. The maximum Gasteiger partial charge on any atom is 0.349 e. The molecule has 4 heterocycles. The van der Waals surface area contributed by atoms with E-state index >= 15 is 0 Å². The predicted octanol–water partition coefficient (Wildman–Crippen LogP) is 3.99. The van der Waals surface area contributed by atoms with Gasteiger partial charge in [-0.25, -0.2) is 13.2 Å². The second kappa shape index (κ2) is 6.90. The van der Waals surface area contributed by atoms with E-state index in [4.69, 9.17) is 4.74 Å². The van der Waals surface area contributed by atoms with Gasteiger partial charge >= 0.3 is 5.97 Å². The fourth-order valence-corrected chi connectivity index (χ4v) is 7.88. The lowest BCUT2D eigenvalue weighted by atomic mass is 10.0. The zero-order valence-corrected chi connectivity index (χ0v) is 17.0. The SMILES string of the molecule is COC(=O)c1sccc1S(=O)(=O)N1CCc2sccc2[C@@H]1c1cccs1. The molecule has 0 saturated heterocycles. The van der Waals surface area contributed by atoms with Gasteiger partial charge < -0.3 is 4.74 Å². The largest absolute Gasteiger partial charge is 0.465 e. The van der Waals surface area contributed by atoms with E-state index in [9.17, 15) is 13.2 Å². The molecule has 5 nitrogen and oxygen atoms in total. The van der Waals surface area contributed by atoms with Crippen LogP contribution in [0.4, 0.5) is 0 Å². The van der Waals surface area contributed by atoms with Crippen LogP contribution >= 0.6 is 34.0 Å². The van der Waals surface area contributed by atoms with Crippen LogP contribution in [0.3, 0.4) is 0 Å². The van der Waals surface area contributed by atoms with Gasteiger partial charge in [-0.2, -0.15) is 4.31 Å². The molecule has 3 aromatic heterocycles. The summed E-state index contributed by atoms with van der Waals surface area (Å²) in [5, 5.41) is 5.57. The predicted molar refractivity (Wildman–Crippen MR) is 104 cm³/mol. The number of carbonyl (C=O) groups excluding carboxylic acids is 1. The first-order chi connectivity index (χ1) is 12.5. The van der Waals surface area contributed by atoms with E-state index in [1.54, 1.807) is 16.7 Å². The van der Waals surface area contributed by atoms with Crippen LogP contribution in [0, 0.1) is 0 Å². The number of hydrogen-bond donors (Lipinski definition) is 0. The topological polar surface area (TPSA) is 63.7 Å². The number of thiophene rings is 3. The summed E-state index contributed by atoms with van der Waals surface area (Å²) in [4.78, 5) is 14.3. The van der Waals surface area contributed by atoms with E-state index in [-0.39, 0.29) is 15.8 Å². The number of rotatable bonds is 4. The third-order valence-corrected chi connectivity index (χ3v) is 9.17. The van der Waals surface area contributed by atoms with Gasteiger partial charge in [-0.3, -0.25) is 0 Å². The maximum absolute atomic E-state index is 13.5. The number of esters is 1. The Morgan fingerprint density at radius 1 is 1.15 bits per heavy atom. The van der Waals surface area contributed by atoms with Crippen molar-refractivity contribution in [3.05, 3.63) is 60.6 Å². The molecule has 0 unspecified atom stereocenters. The summed E-state index contributed by atoms with van der Waals surface area (Å²) in [6.07, 6.45) is 0.672. The monoisotopic (exact) mass is 425 g/mol. The molecular weight excluding hydrogens is 410 g/mol. The van der Waals surface area contributed by atoms with E-state index in [0.717, 1.165) is 21.8 Å². The summed E-state index contributed by atoms with van der Waals surface area (Å²) < 4.78 is 33.2. The van der Waals surface area contributed by atoms with Gasteiger partial charge in [0.15, 0.2) is 0 Å². The van der Waals surface area contributed by atoms with Crippen molar-refractivity contribution in [1.82, 2.24) is 4.31 Å². The van der Waals surface area contributed by atoms with Gasteiger partial charge in [-0.1, -0.05) is 6.07 Å². The molecule has 0 fully saturated rings. The summed E-state index contributed by atoms with van der Waals surface area (Å²) in [6, 6.07) is 7.01. The average Bonchev–Trinajstić information content (AvgIpc) is 3.40. The molecule has 1 atom stereocenters. The Morgan fingerprint density at radius 3 is 2.69 bits per heavy atom. The molecule has 9 heteroatoms. The first-order valence-corrected chi connectivity index (χ1v) is 11.9. The van der Waals surface area contributed by atoms with Crippen LogP contribution in [0.25, 0.3) is 0 Å². The fourth-order valence-electron chi connectivity index (χ4n) is 3.16. The third kappa shape index (κ3) is 2.84. The highest BCUT2D eigenvalue weighted by atomic mass is 32.2. The average molecular weight is 426 g/mol. The Morgan fingerprint density at radius 2 is 1.96 bits per heavy atom. The number of methoxy groups -OCH3 is 1. The molecule has 0 amide bonds. The molecule has 0 bridgehead atoms. The van der Waals surface area contributed by atoms with Crippen LogP contribution in [0.5, 0.6) is 0 Å². The lowest BCUT2D eigenvalue weighted by Gasteiger charge is -2.34. The molecular formula is C17H15NO4S4. The number of hydrogen-bond acceptors (Lipinski definition) is 7. The van der Waals surface area contributed by atoms with E-state index in [0.29, 0.717) is 13.0 Å². The standard InChI is InChI=1S/C17H15NO4S4/c1-22-17(19)16-14(6-10-25-16)26(20,21)18-7-4-12-11(5-9-24-12)15(18)13-3-2-8-23-13/h2-3,5-6,8-10,15H,4,7H2,1H3/t15-/m1/s1. The highest BCUT2D eigenvalue weighted by molar-refractivity contribution is 7.89. The first-order valence-electron chi connectivity index (χ1n) is 7.81. The highest BCUT2D eigenvalue weighted by Gasteiger charge is 2.40. The Hall–Kier alpha value is -1.52. The van der Waals surface area contributed by atoms with Gasteiger partial charge in [-0.15, -0.1) is 34.0 Å². The van der Waals surface area contributed by atoms with Gasteiger partial charge in [0, 0.05) is 16.3 Å². The van der Waals surface area contributed by atoms with E-state index in [1.807, 2.05) is 29.0 Å². The van der Waals surface area contributed by atoms with Crippen molar-refractivity contribution in [2.24, 2.45) is 0 Å². The van der Waals surface area contributed by atoms with Gasteiger partial charge in [0.1, 0.15) is 9.77 Å². The molecule has 3 aromatic rings. The summed E-state index contributed by atoms with van der Waals surface area (Å²) in [6.45, 7) is 0.384. The van der Waals surface area contributed by atoms with Crippen LogP contribution in [-0.4, -0.2) is 32.3 Å². The van der Waals surface area contributed by atoms with Crippen molar-refractivity contribution in [3.8, 4) is 0 Å². The molecule has 0 aliphatic carbocycles. The van der Waals surface area contributed by atoms with E-state index < -0.39 is 16.0 Å². The molecule has 0 aromatic carbocycles. The molecule has 1 aliphatic heterocycles. The van der Waals surface area contributed by atoms with Crippen LogP contribution in [0.15, 0.2) is 45.3 Å². The zero-order chi connectivity index (χ0) is 18.3. The highest BCUT2D eigenvalue weighted by Crippen LogP contribution is 2.42. The third-order valence-electron chi connectivity index (χ3n) is 4.32. The minimum atomic E-state index is -3.85. The quantitative estimate of drug-likeness (QED) is 0.593. The fraction of sp³-hybridized carbons (Fsp3) is 0.235. The summed E-state index contributed by atoms with van der Waals surface area (Å²) in [5.41, 5.74) is 1.03. The van der Waals surface area contributed by atoms with Crippen molar-refractivity contribution >= 4 is 50.0 Å². The Balaban J connectivity index is 1.84. The maximum atomic E-state index is 13.5. The van der Waals surface area contributed by atoms with E-state index in [1.165, 1.54) is 33.7 Å². The molecule has 0 saturated carbocycles. The first kappa shape index (κ1) is 17.9. The molecule has 1 aliphatic rings. The number of sulfonamides is 1. The summed E-state index contributed by atoms with van der Waals surface area (Å²) in [5.74, 6) is -0.625. The Bertz CT molecular complexity index is 1030. The van der Waals surface area contributed by atoms with Gasteiger partial charge in [0.05, 0.1) is 13.2 Å². The van der Waals surface area contributed by atoms with Crippen molar-refractivity contribution in [3.63, 3.8) is 0 Å². The van der Waals surface area contributed by atoms with E-state index in [2.05, 4.69) is 0 Å². The van der Waals surface area contributed by atoms with Crippen molar-refractivity contribution < 1.29 is 17.9 Å². The van der Waals surface area contributed by atoms with Gasteiger partial charge in [0.2, 0.25) is 10.0 Å². The normalized spacial score (nSPS) is 17.8. The molecule has 4 rings (SSSR count). The number of fused-ring (bicyclic) bond motifs is 1. The van der Waals surface area contributed by atoms with Crippen molar-refractivity contribution in [2.45, 2.75) is 17.4 Å². The lowest BCUT2D eigenvalue weighted by molar-refractivity contribution is 0.0602. The van der Waals surface area contributed by atoms with Crippen LogP contribution < -0.4 is 0 Å². The molecule has 26 heavy (non-hydrogen) atoms. The summed E-state index contributed by atoms with van der Waals surface area (Å²) >= 11 is 4.28. The minimum absolute atomic E-state index is 0.0228. The van der Waals surface area contributed by atoms with Crippen molar-refractivity contribution in [1.29, 1.82) is 0 Å². The molecule has 136 valence electrons. The molecule has 0 radical (unpaired) electrons. The van der Waals surface area contributed by atoms with Crippen LogP contribution in [-0.2, 0) is 21.2 Å². The van der Waals surface area contributed by atoms with Crippen LogP contribution in [0.1, 0.15) is 31.0 Å². The second-order valence-electron chi connectivity index (χ2n) is 5.69. The Labute approximate surface area is 163 Å². The smallest absolute Gasteiger partial charge is 0.349 e. The van der Waals surface area contributed by atoms with Gasteiger partial charge in [-0.05, 0) is 46.3 Å². The summed E-state index contributed by atoms with van der Waals surface area (Å²) in [7, 11) is -2.59. The minimum Gasteiger partial charge on any atom is -0.465 e. The molecule has 0 N–H and O–H groups in total.